The van der Waals surface area contributed by atoms with E-state index in [4.69, 9.17) is 0 Å². The monoisotopic (exact) mass is 292 g/mol. The predicted molar refractivity (Wildman–Crippen MR) is 84.2 cm³/mol. The minimum atomic E-state index is 0.186. The SMILES string of the molecule is Cc1n[nH]c(C)c1CC(=O)N(C)CC1CCN(C(C)C)C1. The van der Waals surface area contributed by atoms with E-state index in [1.54, 1.807) is 0 Å². The molecule has 1 N–H and O–H groups in total. The van der Waals surface area contributed by atoms with Crippen molar-refractivity contribution in [3.8, 4) is 0 Å². The summed E-state index contributed by atoms with van der Waals surface area (Å²) in [5, 5.41) is 7.10. The first-order chi connectivity index (χ1) is 9.88. The van der Waals surface area contributed by atoms with E-state index in [1.807, 2.05) is 25.8 Å². The number of nitrogens with zero attached hydrogens (tertiary/aromatic N) is 3. The summed E-state index contributed by atoms with van der Waals surface area (Å²) < 4.78 is 0. The number of hydrogen-bond donors (Lipinski definition) is 1. The first-order valence-corrected chi connectivity index (χ1v) is 7.87. The van der Waals surface area contributed by atoms with Gasteiger partial charge in [0.15, 0.2) is 0 Å². The number of nitrogens with one attached hydrogen (secondary N) is 1. The Morgan fingerprint density at radius 1 is 1.48 bits per heavy atom. The van der Waals surface area contributed by atoms with Crippen molar-refractivity contribution in [2.24, 2.45) is 5.92 Å². The van der Waals surface area contributed by atoms with Gasteiger partial charge in [0.05, 0.1) is 12.1 Å². The Morgan fingerprint density at radius 2 is 2.19 bits per heavy atom. The van der Waals surface area contributed by atoms with Gasteiger partial charge in [-0.15, -0.1) is 0 Å². The van der Waals surface area contributed by atoms with Gasteiger partial charge in [0.2, 0.25) is 5.91 Å². The summed E-state index contributed by atoms with van der Waals surface area (Å²) in [7, 11) is 1.92. The minimum Gasteiger partial charge on any atom is -0.345 e. The van der Waals surface area contributed by atoms with Gasteiger partial charge >= 0.3 is 0 Å². The summed E-state index contributed by atoms with van der Waals surface area (Å²) >= 11 is 0. The highest BCUT2D eigenvalue weighted by Crippen LogP contribution is 2.20. The van der Waals surface area contributed by atoms with Crippen molar-refractivity contribution in [3.63, 3.8) is 0 Å². The maximum absolute atomic E-state index is 12.4. The molecule has 1 aromatic rings. The molecule has 1 unspecified atom stereocenters. The van der Waals surface area contributed by atoms with Crippen molar-refractivity contribution in [2.45, 2.75) is 46.6 Å². The number of carbonyl (C=O) groups is 1. The lowest BCUT2D eigenvalue weighted by Gasteiger charge is -2.23. The van der Waals surface area contributed by atoms with Crippen LogP contribution in [0.2, 0.25) is 0 Å². The second-order valence-corrected chi connectivity index (χ2v) is 6.61. The van der Waals surface area contributed by atoms with Crippen LogP contribution in [-0.2, 0) is 11.2 Å². The molecule has 0 radical (unpaired) electrons. The second kappa shape index (κ2) is 6.60. The molecule has 2 rings (SSSR count). The number of amides is 1. The standard InChI is InChI=1S/C16H28N4O/c1-11(2)20-7-6-14(10-20)9-19(5)16(21)8-15-12(3)17-18-13(15)4/h11,14H,6-10H2,1-5H3,(H,17,18). The van der Waals surface area contributed by atoms with Crippen LogP contribution in [0, 0.1) is 19.8 Å². The van der Waals surface area contributed by atoms with Gasteiger partial charge in [0, 0.05) is 37.4 Å². The van der Waals surface area contributed by atoms with Crippen molar-refractivity contribution in [2.75, 3.05) is 26.7 Å². The smallest absolute Gasteiger partial charge is 0.226 e. The first-order valence-electron chi connectivity index (χ1n) is 7.87. The van der Waals surface area contributed by atoms with Crippen molar-refractivity contribution in [1.82, 2.24) is 20.0 Å². The van der Waals surface area contributed by atoms with Crippen molar-refractivity contribution >= 4 is 5.91 Å². The molecule has 0 saturated carbocycles. The number of aromatic nitrogens is 2. The maximum atomic E-state index is 12.4. The molecule has 0 aromatic carbocycles. The van der Waals surface area contributed by atoms with E-state index in [1.165, 1.54) is 6.42 Å². The Kier molecular flexibility index (Phi) is 5.04. The number of rotatable bonds is 5. The molecule has 1 aliphatic rings. The molecule has 0 bridgehead atoms. The van der Waals surface area contributed by atoms with Crippen LogP contribution in [0.5, 0.6) is 0 Å². The molecule has 0 aliphatic carbocycles. The first kappa shape index (κ1) is 16.0. The molecule has 1 aliphatic heterocycles. The largest absolute Gasteiger partial charge is 0.345 e. The second-order valence-electron chi connectivity index (χ2n) is 6.61. The quantitative estimate of drug-likeness (QED) is 0.899. The Bertz CT molecular complexity index is 475. The topological polar surface area (TPSA) is 52.2 Å². The number of H-pyrrole nitrogens is 1. The lowest BCUT2D eigenvalue weighted by atomic mass is 10.1. The van der Waals surface area contributed by atoms with E-state index in [0.717, 1.165) is 36.6 Å². The van der Waals surface area contributed by atoms with E-state index in [2.05, 4.69) is 28.9 Å². The third-order valence-corrected chi connectivity index (χ3v) is 4.61. The summed E-state index contributed by atoms with van der Waals surface area (Å²) in [6.07, 6.45) is 1.64. The van der Waals surface area contributed by atoms with Crippen LogP contribution >= 0.6 is 0 Å². The highest BCUT2D eigenvalue weighted by atomic mass is 16.2. The van der Waals surface area contributed by atoms with Crippen LogP contribution in [0.3, 0.4) is 0 Å². The van der Waals surface area contributed by atoms with Crippen LogP contribution < -0.4 is 0 Å². The van der Waals surface area contributed by atoms with E-state index in [0.29, 0.717) is 18.4 Å². The summed E-state index contributed by atoms with van der Waals surface area (Å²) in [4.78, 5) is 16.8. The fraction of sp³-hybridized carbons (Fsp3) is 0.750. The molecule has 1 aromatic heterocycles. The van der Waals surface area contributed by atoms with Crippen LogP contribution in [0.15, 0.2) is 0 Å². The zero-order valence-corrected chi connectivity index (χ0v) is 13.9. The minimum absolute atomic E-state index is 0.186. The van der Waals surface area contributed by atoms with E-state index < -0.39 is 0 Å². The summed E-state index contributed by atoms with van der Waals surface area (Å²) in [5.74, 6) is 0.790. The molecular weight excluding hydrogens is 264 g/mol. The molecule has 0 spiro atoms. The molecule has 1 amide bonds. The summed E-state index contributed by atoms with van der Waals surface area (Å²) in [6, 6.07) is 0.604. The van der Waals surface area contributed by atoms with Crippen LogP contribution in [0.25, 0.3) is 0 Å². The van der Waals surface area contributed by atoms with Gasteiger partial charge in [0.25, 0.3) is 0 Å². The average Bonchev–Trinajstić information content (AvgIpc) is 3.00. The van der Waals surface area contributed by atoms with Gasteiger partial charge in [-0.2, -0.15) is 5.10 Å². The highest BCUT2D eigenvalue weighted by Gasteiger charge is 2.26. The van der Waals surface area contributed by atoms with Gasteiger partial charge < -0.3 is 9.80 Å². The normalized spacial score (nSPS) is 19.4. The van der Waals surface area contributed by atoms with Gasteiger partial charge in [0.1, 0.15) is 0 Å². The Hall–Kier alpha value is -1.36. The molecule has 1 saturated heterocycles. The number of likely N-dealkylation sites (tertiary alicyclic amines) is 1. The van der Waals surface area contributed by atoms with Crippen LogP contribution in [0.4, 0.5) is 0 Å². The Morgan fingerprint density at radius 3 is 2.71 bits per heavy atom. The number of carbonyl (C=O) groups excluding carboxylic acids is 1. The van der Waals surface area contributed by atoms with Gasteiger partial charge in [-0.1, -0.05) is 0 Å². The molecule has 118 valence electrons. The number of aryl methyl sites for hydroxylation is 2. The molecular formula is C16H28N4O. The molecule has 21 heavy (non-hydrogen) atoms. The summed E-state index contributed by atoms with van der Waals surface area (Å²) in [5.41, 5.74) is 2.98. The third kappa shape index (κ3) is 3.84. The van der Waals surface area contributed by atoms with Gasteiger partial charge in [-0.25, -0.2) is 0 Å². The Balaban J connectivity index is 1.86. The highest BCUT2D eigenvalue weighted by molar-refractivity contribution is 5.79. The number of aromatic amines is 1. The van der Waals surface area contributed by atoms with Crippen molar-refractivity contribution < 1.29 is 4.79 Å². The fourth-order valence-electron chi connectivity index (χ4n) is 3.09. The summed E-state index contributed by atoms with van der Waals surface area (Å²) in [6.45, 7) is 11.5. The average molecular weight is 292 g/mol. The van der Waals surface area contributed by atoms with Crippen LogP contribution in [-0.4, -0.2) is 58.6 Å². The Labute approximate surface area is 127 Å². The van der Waals surface area contributed by atoms with Crippen molar-refractivity contribution in [3.05, 3.63) is 17.0 Å². The lowest BCUT2D eigenvalue weighted by molar-refractivity contribution is -0.129. The molecule has 5 nitrogen and oxygen atoms in total. The van der Waals surface area contributed by atoms with Crippen LogP contribution in [0.1, 0.15) is 37.2 Å². The number of likely N-dealkylation sites (N-methyl/N-ethyl adjacent to an activating group) is 1. The molecule has 1 atom stereocenters. The zero-order valence-electron chi connectivity index (χ0n) is 13.9. The number of hydrogen-bond acceptors (Lipinski definition) is 3. The van der Waals surface area contributed by atoms with Gasteiger partial charge in [-0.3, -0.25) is 9.89 Å². The van der Waals surface area contributed by atoms with Crippen molar-refractivity contribution in [1.29, 1.82) is 0 Å². The fourth-order valence-corrected chi connectivity index (χ4v) is 3.09. The predicted octanol–water partition coefficient (Wildman–Crippen LogP) is 1.76. The van der Waals surface area contributed by atoms with Gasteiger partial charge in [-0.05, 0) is 46.6 Å². The lowest BCUT2D eigenvalue weighted by Crippen LogP contribution is -2.35. The molecule has 2 heterocycles. The van der Waals surface area contributed by atoms with E-state index in [9.17, 15) is 4.79 Å². The maximum Gasteiger partial charge on any atom is 0.226 e. The molecule has 5 heteroatoms. The zero-order chi connectivity index (χ0) is 15.6. The molecule has 1 fully saturated rings. The third-order valence-electron chi connectivity index (χ3n) is 4.61. The van der Waals surface area contributed by atoms with E-state index >= 15 is 0 Å². The van der Waals surface area contributed by atoms with E-state index in [-0.39, 0.29) is 5.91 Å².